The Bertz CT molecular complexity index is 892. The molecule has 92 valence electrons. The van der Waals surface area contributed by atoms with Crippen molar-refractivity contribution < 1.29 is 0 Å². The zero-order valence-corrected chi connectivity index (χ0v) is 10.1. The van der Waals surface area contributed by atoms with Gasteiger partial charge in [-0.15, -0.1) is 6.58 Å². The average Bonchev–Trinajstić information content (AvgIpc) is 2.80. The second-order valence-corrected chi connectivity index (χ2v) is 4.19. The van der Waals surface area contributed by atoms with Gasteiger partial charge in [0.15, 0.2) is 11.2 Å². The normalized spacial score (nSPS) is 10.7. The van der Waals surface area contributed by atoms with Gasteiger partial charge in [-0.2, -0.15) is 5.26 Å². The summed E-state index contributed by atoms with van der Waals surface area (Å²) in [6.45, 7) is 4.15. The van der Waals surface area contributed by atoms with Crippen LogP contribution in [0.2, 0.25) is 0 Å². The lowest BCUT2D eigenvalue weighted by atomic mass is 10.2. The average molecular weight is 249 g/mol. The summed E-state index contributed by atoms with van der Waals surface area (Å²) in [5.74, 6) is 0. The third-order valence-electron chi connectivity index (χ3n) is 3.06. The predicted molar refractivity (Wildman–Crippen MR) is 72.4 cm³/mol. The smallest absolute Gasteiger partial charge is 0.183 e. The number of nitrogens with zero attached hydrogens (tertiary/aromatic N) is 3. The topological polar surface area (TPSA) is 81.2 Å². The van der Waals surface area contributed by atoms with E-state index in [4.69, 9.17) is 10.7 Å². The van der Waals surface area contributed by atoms with Crippen molar-refractivity contribution in [1.82, 2.24) is 14.5 Å². The molecule has 0 atom stereocenters. The van der Waals surface area contributed by atoms with E-state index in [1.807, 2.05) is 30.3 Å². The number of fused-ring (bicyclic) bond motifs is 3. The lowest BCUT2D eigenvalue weighted by Crippen LogP contribution is -2.24. The van der Waals surface area contributed by atoms with Gasteiger partial charge in [-0.3, -0.25) is 5.41 Å². The Labute approximate surface area is 109 Å². The van der Waals surface area contributed by atoms with Gasteiger partial charge in [0.1, 0.15) is 17.2 Å². The maximum atomic E-state index is 9.10. The van der Waals surface area contributed by atoms with Crippen LogP contribution in [0.15, 0.2) is 36.9 Å². The third-order valence-corrected chi connectivity index (χ3v) is 3.06. The fourth-order valence-electron chi connectivity index (χ4n) is 2.22. The van der Waals surface area contributed by atoms with Crippen molar-refractivity contribution in [2.75, 3.05) is 0 Å². The molecule has 0 aliphatic carbocycles. The van der Waals surface area contributed by atoms with Crippen LogP contribution in [0.25, 0.3) is 22.1 Å². The van der Waals surface area contributed by atoms with Gasteiger partial charge in [-0.25, -0.2) is 4.98 Å². The highest BCUT2D eigenvalue weighted by Crippen LogP contribution is 2.22. The lowest BCUT2D eigenvalue weighted by molar-refractivity contribution is 0.762. The molecule has 0 unspecified atom stereocenters. The molecule has 1 aromatic carbocycles. The molecule has 0 spiro atoms. The van der Waals surface area contributed by atoms with Crippen LogP contribution in [0.4, 0.5) is 0 Å². The summed E-state index contributed by atoms with van der Waals surface area (Å²) in [6.07, 6.45) is 1.70. The van der Waals surface area contributed by atoms with Crippen molar-refractivity contribution in [2.24, 2.45) is 0 Å². The number of allylic oxidation sites excluding steroid dienone is 1. The minimum atomic E-state index is 0.0986. The van der Waals surface area contributed by atoms with E-state index in [0.717, 1.165) is 16.6 Å². The number of benzene rings is 1. The minimum Gasteiger partial charge on any atom is -0.339 e. The van der Waals surface area contributed by atoms with Gasteiger partial charge in [0.2, 0.25) is 0 Å². The molecule has 2 aromatic heterocycles. The number of hydrogen-bond donors (Lipinski definition) is 2. The summed E-state index contributed by atoms with van der Waals surface area (Å²) in [4.78, 5) is 7.54. The third kappa shape index (κ3) is 1.54. The fourth-order valence-corrected chi connectivity index (χ4v) is 2.22. The number of aromatic amines is 1. The van der Waals surface area contributed by atoms with Gasteiger partial charge < -0.3 is 9.55 Å². The maximum absolute atomic E-state index is 9.10. The Kier molecular flexibility index (Phi) is 2.43. The first-order chi connectivity index (χ1) is 9.26. The maximum Gasteiger partial charge on any atom is 0.183 e. The van der Waals surface area contributed by atoms with Crippen LogP contribution < -0.4 is 5.49 Å². The van der Waals surface area contributed by atoms with E-state index in [1.165, 1.54) is 0 Å². The summed E-state index contributed by atoms with van der Waals surface area (Å²) >= 11 is 0. The van der Waals surface area contributed by atoms with Crippen molar-refractivity contribution in [2.45, 2.75) is 6.54 Å². The molecule has 0 amide bonds. The Balaban J connectivity index is 2.56. The van der Waals surface area contributed by atoms with E-state index in [-0.39, 0.29) is 11.2 Å². The first kappa shape index (κ1) is 11.2. The number of hydrogen-bond acceptors (Lipinski definition) is 3. The van der Waals surface area contributed by atoms with E-state index < -0.39 is 0 Å². The molecule has 2 N–H and O–H groups in total. The van der Waals surface area contributed by atoms with Crippen LogP contribution in [0, 0.1) is 16.7 Å². The number of rotatable bonds is 2. The number of nitriles is 1. The van der Waals surface area contributed by atoms with Crippen LogP contribution in [0.5, 0.6) is 0 Å². The van der Waals surface area contributed by atoms with Gasteiger partial charge in [0, 0.05) is 17.4 Å². The molecule has 5 heteroatoms. The molecule has 2 heterocycles. The molecule has 3 aromatic rings. The predicted octanol–water partition coefficient (Wildman–Crippen LogP) is 2.05. The van der Waals surface area contributed by atoms with E-state index >= 15 is 0 Å². The van der Waals surface area contributed by atoms with Crippen molar-refractivity contribution in [3.8, 4) is 6.07 Å². The Hall–Kier alpha value is -2.87. The number of para-hydroxylation sites is 1. The van der Waals surface area contributed by atoms with E-state index in [9.17, 15) is 0 Å². The molecule has 0 saturated heterocycles. The van der Waals surface area contributed by atoms with E-state index in [1.54, 1.807) is 10.6 Å². The van der Waals surface area contributed by atoms with Gasteiger partial charge in [-0.05, 0) is 6.07 Å². The largest absolute Gasteiger partial charge is 0.339 e. The molecule has 0 aliphatic heterocycles. The molecule has 0 radical (unpaired) electrons. The zero-order valence-electron chi connectivity index (χ0n) is 10.1. The monoisotopic (exact) mass is 249 g/mol. The molecule has 3 rings (SSSR count). The van der Waals surface area contributed by atoms with E-state index in [2.05, 4.69) is 16.5 Å². The minimum absolute atomic E-state index is 0.0986. The quantitative estimate of drug-likeness (QED) is 0.681. The van der Waals surface area contributed by atoms with Crippen molar-refractivity contribution in [1.29, 1.82) is 10.7 Å². The molecule has 0 bridgehead atoms. The molecular formula is C14H11N5. The SMILES string of the molecule is C=CCn1c(=N)c(C#N)nc2c3ccccc3[nH]c21. The van der Waals surface area contributed by atoms with Crippen molar-refractivity contribution in [3.05, 3.63) is 48.1 Å². The Morgan fingerprint density at radius 3 is 3.00 bits per heavy atom. The summed E-state index contributed by atoms with van der Waals surface area (Å²) in [6, 6.07) is 9.73. The van der Waals surface area contributed by atoms with Crippen LogP contribution in [0.3, 0.4) is 0 Å². The highest BCUT2D eigenvalue weighted by Gasteiger charge is 2.12. The van der Waals surface area contributed by atoms with Gasteiger partial charge in [0.25, 0.3) is 0 Å². The molecule has 5 nitrogen and oxygen atoms in total. The van der Waals surface area contributed by atoms with Crippen LogP contribution in [-0.4, -0.2) is 14.5 Å². The van der Waals surface area contributed by atoms with Crippen LogP contribution >= 0.6 is 0 Å². The highest BCUT2D eigenvalue weighted by molar-refractivity contribution is 6.03. The van der Waals surface area contributed by atoms with Gasteiger partial charge in [-0.1, -0.05) is 24.3 Å². The molecular weight excluding hydrogens is 238 g/mol. The van der Waals surface area contributed by atoms with Gasteiger partial charge >= 0.3 is 0 Å². The molecule has 19 heavy (non-hydrogen) atoms. The van der Waals surface area contributed by atoms with Gasteiger partial charge in [0.05, 0.1) is 0 Å². The summed E-state index contributed by atoms with van der Waals surface area (Å²) in [5, 5.41) is 18.1. The first-order valence-corrected chi connectivity index (χ1v) is 5.83. The molecule has 0 saturated carbocycles. The fraction of sp³-hybridized carbons (Fsp3) is 0.0714. The first-order valence-electron chi connectivity index (χ1n) is 5.83. The van der Waals surface area contributed by atoms with E-state index in [0.29, 0.717) is 12.1 Å². The summed E-state index contributed by atoms with van der Waals surface area (Å²) in [7, 11) is 0. The highest BCUT2D eigenvalue weighted by atomic mass is 15.1. The number of nitrogens with one attached hydrogen (secondary N) is 2. The lowest BCUT2D eigenvalue weighted by Gasteiger charge is -2.06. The number of H-pyrrole nitrogens is 1. The molecule has 0 aliphatic rings. The second-order valence-electron chi connectivity index (χ2n) is 4.19. The summed E-state index contributed by atoms with van der Waals surface area (Å²) in [5.41, 5.74) is 2.62. The van der Waals surface area contributed by atoms with Crippen LogP contribution in [0.1, 0.15) is 5.69 Å². The second kappa shape index (κ2) is 4.10. The standard InChI is InChI=1S/C14H11N5/c1-2-7-19-13(16)11(8-15)17-12-9-5-3-4-6-10(9)18-14(12)19/h2-6,16,18H,1,7H2. The van der Waals surface area contributed by atoms with Crippen LogP contribution in [-0.2, 0) is 6.54 Å². The molecule has 0 fully saturated rings. The van der Waals surface area contributed by atoms with Crippen molar-refractivity contribution in [3.63, 3.8) is 0 Å². The summed E-state index contributed by atoms with van der Waals surface area (Å²) < 4.78 is 1.70. The Morgan fingerprint density at radius 2 is 2.26 bits per heavy atom. The number of aromatic nitrogens is 3. The zero-order chi connectivity index (χ0) is 13.4. The Morgan fingerprint density at radius 1 is 1.47 bits per heavy atom. The van der Waals surface area contributed by atoms with Crippen molar-refractivity contribution >= 4 is 22.1 Å².